The number of hydrogen-bond acceptors (Lipinski definition) is 2. The fourth-order valence-electron chi connectivity index (χ4n) is 8.93. The van der Waals surface area contributed by atoms with Gasteiger partial charge < -0.3 is 4.74 Å². The van der Waals surface area contributed by atoms with Crippen molar-refractivity contribution in [3.8, 4) is 0 Å². The van der Waals surface area contributed by atoms with Crippen LogP contribution in [0.1, 0.15) is 100 Å². The minimum atomic E-state index is -0.123. The summed E-state index contributed by atoms with van der Waals surface area (Å²) in [6, 6.07) is 0. The van der Waals surface area contributed by atoms with Crippen LogP contribution >= 0.6 is 0 Å². The van der Waals surface area contributed by atoms with E-state index in [2.05, 4.69) is 66.7 Å². The van der Waals surface area contributed by atoms with Crippen LogP contribution in [0.15, 0.2) is 23.8 Å². The molecule has 0 N–H and O–H groups in total. The number of hydrogen-bond donors (Lipinski definition) is 0. The van der Waals surface area contributed by atoms with Crippen molar-refractivity contribution in [3.63, 3.8) is 0 Å². The summed E-state index contributed by atoms with van der Waals surface area (Å²) in [5.41, 5.74) is 2.40. The first kappa shape index (κ1) is 25.1. The van der Waals surface area contributed by atoms with Crippen LogP contribution in [0.25, 0.3) is 0 Å². The Balaban J connectivity index is 1.55. The van der Waals surface area contributed by atoms with Crippen molar-refractivity contribution in [1.29, 1.82) is 0 Å². The molecule has 2 nitrogen and oxygen atoms in total. The first-order chi connectivity index (χ1) is 15.5. The van der Waals surface area contributed by atoms with Crippen molar-refractivity contribution in [3.05, 3.63) is 23.8 Å². The summed E-state index contributed by atoms with van der Waals surface area (Å²) in [6.45, 7) is 18.8. The van der Waals surface area contributed by atoms with Gasteiger partial charge in [-0.2, -0.15) is 0 Å². The molecular formula is C31H50O2. The van der Waals surface area contributed by atoms with Crippen LogP contribution in [0.2, 0.25) is 0 Å². The lowest BCUT2D eigenvalue weighted by Crippen LogP contribution is -2.53. The molecule has 186 valence electrons. The fraction of sp³-hybridized carbons (Fsp3) is 0.839. The van der Waals surface area contributed by atoms with Crippen LogP contribution in [-0.4, -0.2) is 12.1 Å². The Kier molecular flexibility index (Phi) is 6.98. The van der Waals surface area contributed by atoms with Crippen LogP contribution < -0.4 is 0 Å². The lowest BCUT2D eigenvalue weighted by Gasteiger charge is -2.60. The quantitative estimate of drug-likeness (QED) is 0.309. The van der Waals surface area contributed by atoms with E-state index in [4.69, 9.17) is 4.74 Å². The predicted molar refractivity (Wildman–Crippen MR) is 138 cm³/mol. The smallest absolute Gasteiger partial charge is 0.302 e. The highest BCUT2D eigenvalue weighted by atomic mass is 16.5. The number of rotatable bonds is 5. The van der Waals surface area contributed by atoms with E-state index in [-0.39, 0.29) is 12.1 Å². The zero-order valence-electron chi connectivity index (χ0n) is 22.7. The molecule has 0 heterocycles. The Morgan fingerprint density at radius 1 is 1.03 bits per heavy atom. The molecule has 2 heteroatoms. The summed E-state index contributed by atoms with van der Waals surface area (Å²) < 4.78 is 5.65. The number of carbonyl (C=O) groups excluding carboxylic acids is 1. The van der Waals surface area contributed by atoms with E-state index in [0.717, 1.165) is 42.4 Å². The topological polar surface area (TPSA) is 26.3 Å². The maximum Gasteiger partial charge on any atom is 0.302 e. The largest absolute Gasteiger partial charge is 0.462 e. The van der Waals surface area contributed by atoms with Gasteiger partial charge in [-0.25, -0.2) is 0 Å². The number of esters is 1. The number of allylic oxidation sites excluding steroid dienone is 3. The molecule has 0 aromatic carbocycles. The Labute approximate surface area is 204 Å². The zero-order chi connectivity index (χ0) is 24.1. The maximum absolute atomic E-state index is 11.6. The Bertz CT molecular complexity index is 793. The summed E-state index contributed by atoms with van der Waals surface area (Å²) in [5.74, 6) is 5.88. The van der Waals surface area contributed by atoms with Gasteiger partial charge in [-0.3, -0.25) is 4.79 Å². The van der Waals surface area contributed by atoms with Crippen LogP contribution in [-0.2, 0) is 9.53 Å². The molecule has 33 heavy (non-hydrogen) atoms. The third-order valence-electron chi connectivity index (χ3n) is 11.2. The van der Waals surface area contributed by atoms with Crippen LogP contribution in [0.4, 0.5) is 0 Å². The summed E-state index contributed by atoms with van der Waals surface area (Å²) in [7, 11) is 0. The highest BCUT2D eigenvalue weighted by molar-refractivity contribution is 5.66. The Morgan fingerprint density at radius 2 is 1.76 bits per heavy atom. The molecule has 10 atom stereocenters. The molecule has 0 spiro atoms. The van der Waals surface area contributed by atoms with Crippen molar-refractivity contribution < 1.29 is 9.53 Å². The second-order valence-electron chi connectivity index (χ2n) is 13.3. The molecule has 0 amide bonds. The molecular weight excluding hydrogens is 404 g/mol. The second kappa shape index (κ2) is 9.19. The van der Waals surface area contributed by atoms with Gasteiger partial charge in [0.25, 0.3) is 0 Å². The number of carbonyl (C=O) groups is 1. The van der Waals surface area contributed by atoms with E-state index in [1.807, 2.05) is 0 Å². The first-order valence-electron chi connectivity index (χ1n) is 14.0. The third-order valence-corrected chi connectivity index (χ3v) is 11.2. The van der Waals surface area contributed by atoms with Crippen LogP contribution in [0, 0.1) is 58.2 Å². The van der Waals surface area contributed by atoms with E-state index in [0.29, 0.717) is 28.6 Å². The first-order valence-corrected chi connectivity index (χ1v) is 14.0. The van der Waals surface area contributed by atoms with Crippen LogP contribution in [0.3, 0.4) is 0 Å². The summed E-state index contributed by atoms with van der Waals surface area (Å²) in [4.78, 5) is 11.6. The van der Waals surface area contributed by atoms with E-state index >= 15 is 0 Å². The van der Waals surface area contributed by atoms with Gasteiger partial charge in [0.15, 0.2) is 0 Å². The molecule has 3 fully saturated rings. The van der Waals surface area contributed by atoms with Gasteiger partial charge in [0.05, 0.1) is 0 Å². The van der Waals surface area contributed by atoms with Gasteiger partial charge in [-0.05, 0) is 96.7 Å². The Hall–Kier alpha value is -1.05. The molecule has 0 aliphatic heterocycles. The third kappa shape index (κ3) is 4.38. The molecule has 4 rings (SSSR count). The molecule has 4 aliphatic carbocycles. The van der Waals surface area contributed by atoms with Gasteiger partial charge in [-0.15, -0.1) is 0 Å². The molecule has 0 unspecified atom stereocenters. The van der Waals surface area contributed by atoms with Gasteiger partial charge in [-0.1, -0.05) is 72.3 Å². The average molecular weight is 455 g/mol. The minimum absolute atomic E-state index is 0.0937. The van der Waals surface area contributed by atoms with Crippen molar-refractivity contribution >= 4 is 5.97 Å². The zero-order valence-corrected chi connectivity index (χ0v) is 22.7. The Morgan fingerprint density at radius 3 is 2.42 bits per heavy atom. The monoisotopic (exact) mass is 454 g/mol. The fourth-order valence-corrected chi connectivity index (χ4v) is 8.93. The van der Waals surface area contributed by atoms with Gasteiger partial charge in [0.2, 0.25) is 0 Å². The van der Waals surface area contributed by atoms with Gasteiger partial charge in [0.1, 0.15) is 6.10 Å². The van der Waals surface area contributed by atoms with E-state index in [1.165, 1.54) is 32.1 Å². The molecule has 0 radical (unpaired) electrons. The highest BCUT2D eigenvalue weighted by Crippen LogP contribution is 2.68. The van der Waals surface area contributed by atoms with Crippen molar-refractivity contribution in [2.24, 2.45) is 58.2 Å². The molecule has 4 aliphatic rings. The van der Waals surface area contributed by atoms with E-state index < -0.39 is 0 Å². The van der Waals surface area contributed by atoms with Crippen molar-refractivity contribution in [1.82, 2.24) is 0 Å². The highest BCUT2D eigenvalue weighted by Gasteiger charge is 2.60. The minimum Gasteiger partial charge on any atom is -0.462 e. The number of fused-ring (bicyclic) bond motifs is 5. The SMILES string of the molecule is CC(=O)O[C@@H]1CC[C@]2(C)C(=C[C@H](C)[C@H]3[C@@H]4CC[C@H]([C@@H](C)/C=C/[C@H](C)C(C)C)[C@@]4(C)CC[C@@H]32)C1. The molecule has 0 bridgehead atoms. The van der Waals surface area contributed by atoms with Crippen molar-refractivity contribution in [2.45, 2.75) is 106 Å². The molecule has 0 saturated heterocycles. The second-order valence-corrected chi connectivity index (χ2v) is 13.3. The lowest BCUT2D eigenvalue weighted by molar-refractivity contribution is -0.149. The van der Waals surface area contributed by atoms with Crippen LogP contribution in [0.5, 0.6) is 0 Å². The van der Waals surface area contributed by atoms with E-state index in [9.17, 15) is 4.79 Å². The summed E-state index contributed by atoms with van der Waals surface area (Å²) >= 11 is 0. The van der Waals surface area contributed by atoms with Crippen molar-refractivity contribution in [2.75, 3.05) is 0 Å². The normalized spacial score (nSPS) is 44.6. The average Bonchev–Trinajstić information content (AvgIpc) is 3.09. The lowest BCUT2D eigenvalue weighted by atomic mass is 9.45. The summed E-state index contributed by atoms with van der Waals surface area (Å²) in [5, 5.41) is 0. The summed E-state index contributed by atoms with van der Waals surface area (Å²) in [6.07, 6.45) is 16.6. The van der Waals surface area contributed by atoms with E-state index in [1.54, 1.807) is 12.5 Å². The molecule has 0 aromatic rings. The standard InChI is InChI=1S/C31H50O2/c1-19(2)20(3)9-10-21(4)26-11-12-27-29-22(5)17-24-18-25(33-23(6)32)13-15-30(24,7)28(29)14-16-31(26,27)8/h9-10,17,19-22,25-29H,11-16,18H2,1-8H3/b10-9+/t20-,21-,22-,25+,26+,27-,28-,29-,30+,31+/m0/s1. The van der Waals surface area contributed by atoms with Gasteiger partial charge >= 0.3 is 5.97 Å². The maximum atomic E-state index is 11.6. The molecule has 3 saturated carbocycles. The number of ether oxygens (including phenoxy) is 1. The van der Waals surface area contributed by atoms with Gasteiger partial charge in [0, 0.05) is 13.3 Å². The predicted octanol–water partition coefficient (Wildman–Crippen LogP) is 8.23. The molecule has 0 aromatic heterocycles.